The van der Waals surface area contributed by atoms with E-state index in [4.69, 9.17) is 0 Å². The Bertz CT molecular complexity index is 1220. The summed E-state index contributed by atoms with van der Waals surface area (Å²) in [5.74, 6) is 0.750. The first-order chi connectivity index (χ1) is 16.9. The van der Waals surface area contributed by atoms with Gasteiger partial charge in [-0.3, -0.25) is 14.6 Å². The molecule has 8 nitrogen and oxygen atoms in total. The molecule has 5 rings (SSSR count). The lowest BCUT2D eigenvalue weighted by Gasteiger charge is -2.43. The van der Waals surface area contributed by atoms with E-state index in [9.17, 15) is 4.79 Å². The van der Waals surface area contributed by atoms with Gasteiger partial charge >= 0.3 is 0 Å². The maximum atomic E-state index is 13.5. The third-order valence-electron chi connectivity index (χ3n) is 8.30. The van der Waals surface area contributed by atoms with Gasteiger partial charge in [0.25, 0.3) is 5.56 Å². The fraction of sp³-hybridized carbons (Fsp3) is 0.630. The number of pyridine rings is 1. The van der Waals surface area contributed by atoms with Crippen LogP contribution in [0, 0.1) is 6.92 Å². The number of piperazine rings is 1. The summed E-state index contributed by atoms with van der Waals surface area (Å²) in [5.41, 5.74) is 2.44. The van der Waals surface area contributed by atoms with Crippen molar-refractivity contribution in [3.8, 4) is 0 Å². The molecule has 2 aliphatic rings. The minimum absolute atomic E-state index is 0.0649. The first-order valence-electron chi connectivity index (χ1n) is 13.3. The molecule has 1 unspecified atom stereocenters. The van der Waals surface area contributed by atoms with E-state index in [0.29, 0.717) is 6.04 Å². The summed E-state index contributed by atoms with van der Waals surface area (Å²) >= 11 is 0. The van der Waals surface area contributed by atoms with Crippen molar-refractivity contribution < 1.29 is 0 Å². The van der Waals surface area contributed by atoms with Crippen molar-refractivity contribution in [1.29, 1.82) is 0 Å². The van der Waals surface area contributed by atoms with Crippen LogP contribution in [0.3, 0.4) is 0 Å². The highest BCUT2D eigenvalue weighted by Gasteiger charge is 2.36. The number of hydrogen-bond donors (Lipinski definition) is 1. The van der Waals surface area contributed by atoms with E-state index < -0.39 is 0 Å². The van der Waals surface area contributed by atoms with Gasteiger partial charge in [0.1, 0.15) is 6.04 Å². The molecule has 0 spiro atoms. The Labute approximate surface area is 207 Å². The molecular weight excluding hydrogens is 438 g/mol. The van der Waals surface area contributed by atoms with Crippen molar-refractivity contribution >= 4 is 10.9 Å². The molecule has 35 heavy (non-hydrogen) atoms. The third kappa shape index (κ3) is 4.78. The van der Waals surface area contributed by atoms with Gasteiger partial charge in [-0.15, -0.1) is 5.10 Å². The second-order valence-corrected chi connectivity index (χ2v) is 11.0. The van der Waals surface area contributed by atoms with Crippen molar-refractivity contribution in [2.45, 2.75) is 83.8 Å². The van der Waals surface area contributed by atoms with Crippen LogP contribution in [0.15, 0.2) is 29.1 Å². The van der Waals surface area contributed by atoms with Crippen LogP contribution in [-0.4, -0.2) is 67.2 Å². The molecule has 1 saturated heterocycles. The van der Waals surface area contributed by atoms with Crippen LogP contribution >= 0.6 is 0 Å². The molecule has 1 aromatic carbocycles. The topological polar surface area (TPSA) is 82.9 Å². The molecule has 0 bridgehead atoms. The minimum atomic E-state index is -0.294. The Hall–Kier alpha value is -2.58. The Balaban J connectivity index is 1.54. The van der Waals surface area contributed by atoms with Gasteiger partial charge in [-0.25, -0.2) is 4.68 Å². The average Bonchev–Trinajstić information content (AvgIpc) is 3.36. The number of H-pyrrole nitrogens is 1. The number of tetrazole rings is 1. The molecule has 0 amide bonds. The van der Waals surface area contributed by atoms with Crippen molar-refractivity contribution in [2.24, 2.45) is 0 Å². The minimum Gasteiger partial charge on any atom is -0.322 e. The predicted octanol–water partition coefficient (Wildman–Crippen LogP) is 4.01. The Morgan fingerprint density at radius 1 is 1.09 bits per heavy atom. The van der Waals surface area contributed by atoms with Crippen LogP contribution in [0.4, 0.5) is 0 Å². The maximum Gasteiger partial charge on any atom is 0.253 e. The molecule has 1 saturated carbocycles. The van der Waals surface area contributed by atoms with E-state index in [1.165, 1.54) is 37.7 Å². The first kappa shape index (κ1) is 24.1. The summed E-state index contributed by atoms with van der Waals surface area (Å²) in [4.78, 5) is 21.7. The fourth-order valence-corrected chi connectivity index (χ4v) is 5.80. The molecule has 1 N–H and O–H groups in total. The van der Waals surface area contributed by atoms with Crippen LogP contribution in [0.25, 0.3) is 10.9 Å². The molecule has 0 radical (unpaired) electrons. The lowest BCUT2D eigenvalue weighted by atomic mass is 9.93. The number of aromatic nitrogens is 5. The zero-order chi connectivity index (χ0) is 24.6. The summed E-state index contributed by atoms with van der Waals surface area (Å²) < 4.78 is 1.94. The van der Waals surface area contributed by atoms with Gasteiger partial charge in [0, 0.05) is 43.3 Å². The molecular formula is C27H39N7O. The van der Waals surface area contributed by atoms with Crippen molar-refractivity contribution in [3.05, 3.63) is 51.6 Å². The number of nitrogens with one attached hydrogen (secondary N) is 1. The number of nitrogens with zero attached hydrogens (tertiary/aromatic N) is 6. The van der Waals surface area contributed by atoms with E-state index in [-0.39, 0.29) is 17.1 Å². The van der Waals surface area contributed by atoms with Crippen LogP contribution in [0.5, 0.6) is 0 Å². The van der Waals surface area contributed by atoms with Crippen LogP contribution in [-0.2, 0) is 5.54 Å². The highest BCUT2D eigenvalue weighted by atomic mass is 16.1. The van der Waals surface area contributed by atoms with Gasteiger partial charge in [-0.2, -0.15) is 0 Å². The van der Waals surface area contributed by atoms with Gasteiger partial charge in [0.15, 0.2) is 5.82 Å². The van der Waals surface area contributed by atoms with Gasteiger partial charge in [0.2, 0.25) is 0 Å². The highest BCUT2D eigenvalue weighted by Crippen LogP contribution is 2.32. The quantitative estimate of drug-likeness (QED) is 0.578. The van der Waals surface area contributed by atoms with Gasteiger partial charge in [-0.05, 0) is 74.0 Å². The summed E-state index contributed by atoms with van der Waals surface area (Å²) in [5, 5.41) is 14.1. The Morgan fingerprint density at radius 2 is 1.83 bits per heavy atom. The lowest BCUT2D eigenvalue weighted by Crippen LogP contribution is -2.52. The number of fused-ring (bicyclic) bond motifs is 1. The van der Waals surface area contributed by atoms with Crippen molar-refractivity contribution in [3.63, 3.8) is 0 Å². The molecule has 2 fully saturated rings. The van der Waals surface area contributed by atoms with Crippen LogP contribution in [0.1, 0.15) is 82.3 Å². The van der Waals surface area contributed by atoms with Crippen molar-refractivity contribution in [1.82, 2.24) is 35.0 Å². The molecule has 8 heteroatoms. The number of hydrogen-bond acceptors (Lipinski definition) is 6. The van der Waals surface area contributed by atoms with Gasteiger partial charge in [0.05, 0.1) is 5.54 Å². The normalized spacial score (nSPS) is 19.9. The van der Waals surface area contributed by atoms with E-state index in [2.05, 4.69) is 70.1 Å². The number of aromatic amines is 1. The van der Waals surface area contributed by atoms with Gasteiger partial charge < -0.3 is 4.98 Å². The lowest BCUT2D eigenvalue weighted by molar-refractivity contribution is 0.0603. The van der Waals surface area contributed by atoms with E-state index in [1.54, 1.807) is 0 Å². The summed E-state index contributed by atoms with van der Waals surface area (Å²) in [6.07, 6.45) is 7.59. The smallest absolute Gasteiger partial charge is 0.253 e. The monoisotopic (exact) mass is 477 g/mol. The van der Waals surface area contributed by atoms with E-state index in [0.717, 1.165) is 54.9 Å². The summed E-state index contributed by atoms with van der Waals surface area (Å²) in [6, 6.07) is 8.62. The SMILES string of the molecule is CCC(C)(C)n1nnnc1C(c1cc2cc(C)ccc2[nH]c1=O)N1CCN(C2CCCCC2)CC1. The first-order valence-corrected chi connectivity index (χ1v) is 13.3. The van der Waals surface area contributed by atoms with Crippen LogP contribution < -0.4 is 5.56 Å². The number of benzene rings is 1. The average molecular weight is 478 g/mol. The third-order valence-corrected chi connectivity index (χ3v) is 8.30. The molecule has 188 valence electrons. The summed E-state index contributed by atoms with van der Waals surface area (Å²) in [6.45, 7) is 12.4. The second kappa shape index (κ2) is 9.82. The molecule has 1 aliphatic heterocycles. The molecule has 2 aromatic heterocycles. The summed E-state index contributed by atoms with van der Waals surface area (Å²) in [7, 11) is 0. The predicted molar refractivity (Wildman–Crippen MR) is 139 cm³/mol. The van der Waals surface area contributed by atoms with Gasteiger partial charge in [-0.1, -0.05) is 37.8 Å². The molecule has 1 aliphatic carbocycles. The second-order valence-electron chi connectivity index (χ2n) is 11.0. The highest BCUT2D eigenvalue weighted by molar-refractivity contribution is 5.79. The fourth-order valence-electron chi connectivity index (χ4n) is 5.80. The van der Waals surface area contributed by atoms with Crippen LogP contribution in [0.2, 0.25) is 0 Å². The zero-order valence-corrected chi connectivity index (χ0v) is 21.6. The maximum absolute atomic E-state index is 13.5. The van der Waals surface area contributed by atoms with Crippen molar-refractivity contribution in [2.75, 3.05) is 26.2 Å². The van der Waals surface area contributed by atoms with E-state index in [1.807, 2.05) is 16.8 Å². The molecule has 3 aromatic rings. The standard InChI is InChI=1S/C27H39N7O/c1-5-27(3,4)34-25(29-30-31-34)24(22-18-20-17-19(2)11-12-23(20)28-26(22)35)33-15-13-32(14-16-33)21-9-7-6-8-10-21/h11-12,17-18,21,24H,5-10,13-16H2,1-4H3,(H,28,35). The van der Waals surface area contributed by atoms with E-state index >= 15 is 0 Å². The molecule has 3 heterocycles. The Kier molecular flexibility index (Phi) is 6.77. The molecule has 1 atom stereocenters. The zero-order valence-electron chi connectivity index (χ0n) is 21.6. The number of aryl methyl sites for hydroxylation is 1. The Morgan fingerprint density at radius 3 is 2.54 bits per heavy atom. The largest absolute Gasteiger partial charge is 0.322 e. The number of rotatable bonds is 6.